The highest BCUT2D eigenvalue weighted by molar-refractivity contribution is 9.10. The summed E-state index contributed by atoms with van der Waals surface area (Å²) in [6, 6.07) is 0. The number of aryl methyl sites for hydroxylation is 1. The standard InChI is InChI=1S/C13H18BrClN2/c1-3-9-4-6-10(7-5-9)13-16-8(2)11(14)12(15)17-13/h9-10H,3-7H2,1-2H3. The van der Waals surface area contributed by atoms with Gasteiger partial charge >= 0.3 is 0 Å². The largest absolute Gasteiger partial charge is 0.237 e. The monoisotopic (exact) mass is 316 g/mol. The Morgan fingerprint density at radius 1 is 1.24 bits per heavy atom. The van der Waals surface area contributed by atoms with E-state index in [-0.39, 0.29) is 0 Å². The molecule has 0 atom stereocenters. The molecule has 0 N–H and O–H groups in total. The molecule has 0 radical (unpaired) electrons. The normalized spacial score (nSPS) is 24.9. The minimum absolute atomic E-state index is 0.502. The lowest BCUT2D eigenvalue weighted by molar-refractivity contribution is 0.312. The van der Waals surface area contributed by atoms with Crippen LogP contribution in [0.3, 0.4) is 0 Å². The number of halogens is 2. The van der Waals surface area contributed by atoms with Gasteiger partial charge in [0.1, 0.15) is 11.0 Å². The summed E-state index contributed by atoms with van der Waals surface area (Å²) in [5, 5.41) is 0.546. The van der Waals surface area contributed by atoms with Crippen molar-refractivity contribution in [1.82, 2.24) is 9.97 Å². The first-order valence-electron chi connectivity index (χ1n) is 6.31. The van der Waals surface area contributed by atoms with Gasteiger partial charge in [0, 0.05) is 5.92 Å². The van der Waals surface area contributed by atoms with Crippen molar-refractivity contribution in [3.63, 3.8) is 0 Å². The van der Waals surface area contributed by atoms with Crippen molar-refractivity contribution < 1.29 is 0 Å². The van der Waals surface area contributed by atoms with Gasteiger partial charge in [0.2, 0.25) is 0 Å². The summed E-state index contributed by atoms with van der Waals surface area (Å²) in [5.74, 6) is 2.34. The van der Waals surface area contributed by atoms with E-state index in [2.05, 4.69) is 32.8 Å². The van der Waals surface area contributed by atoms with Crippen LogP contribution in [0.1, 0.15) is 56.5 Å². The van der Waals surface area contributed by atoms with Crippen LogP contribution >= 0.6 is 27.5 Å². The van der Waals surface area contributed by atoms with Gasteiger partial charge in [-0.25, -0.2) is 9.97 Å². The summed E-state index contributed by atoms with van der Waals surface area (Å²) >= 11 is 9.50. The third-order valence-corrected chi connectivity index (χ3v) is 5.23. The molecule has 2 rings (SSSR count). The second-order valence-electron chi connectivity index (χ2n) is 4.90. The first kappa shape index (κ1) is 13.3. The molecule has 1 heterocycles. The predicted molar refractivity (Wildman–Crippen MR) is 74.5 cm³/mol. The van der Waals surface area contributed by atoms with Crippen LogP contribution in [-0.2, 0) is 0 Å². The maximum atomic E-state index is 6.10. The summed E-state index contributed by atoms with van der Waals surface area (Å²) < 4.78 is 0.824. The Labute approximate surface area is 116 Å². The van der Waals surface area contributed by atoms with E-state index < -0.39 is 0 Å². The Morgan fingerprint density at radius 3 is 2.41 bits per heavy atom. The highest BCUT2D eigenvalue weighted by Gasteiger charge is 2.24. The molecular weight excluding hydrogens is 300 g/mol. The number of aromatic nitrogens is 2. The molecule has 0 aromatic carbocycles. The Kier molecular flexibility index (Phi) is 4.42. The molecule has 4 heteroatoms. The van der Waals surface area contributed by atoms with Gasteiger partial charge in [-0.1, -0.05) is 24.9 Å². The number of rotatable bonds is 2. The molecule has 94 valence electrons. The molecule has 0 saturated heterocycles. The first-order chi connectivity index (χ1) is 8.11. The molecule has 0 unspecified atom stereocenters. The Balaban J connectivity index is 2.13. The van der Waals surface area contributed by atoms with Gasteiger partial charge in [0.15, 0.2) is 0 Å². The van der Waals surface area contributed by atoms with Crippen LogP contribution in [0.2, 0.25) is 5.15 Å². The fourth-order valence-electron chi connectivity index (χ4n) is 2.56. The predicted octanol–water partition coefficient (Wildman–Crippen LogP) is 4.88. The van der Waals surface area contributed by atoms with Gasteiger partial charge in [0.25, 0.3) is 0 Å². The Hall–Kier alpha value is -0.150. The molecular formula is C13H18BrClN2. The van der Waals surface area contributed by atoms with Crippen LogP contribution in [0.25, 0.3) is 0 Å². The van der Waals surface area contributed by atoms with Gasteiger partial charge < -0.3 is 0 Å². The average Bonchev–Trinajstić information content (AvgIpc) is 2.35. The van der Waals surface area contributed by atoms with E-state index in [0.29, 0.717) is 11.1 Å². The zero-order valence-corrected chi connectivity index (χ0v) is 12.7. The average molecular weight is 318 g/mol. The number of hydrogen-bond acceptors (Lipinski definition) is 2. The van der Waals surface area contributed by atoms with Crippen LogP contribution < -0.4 is 0 Å². The third-order valence-electron chi connectivity index (χ3n) is 3.78. The van der Waals surface area contributed by atoms with E-state index in [4.69, 9.17) is 11.6 Å². The molecule has 1 saturated carbocycles. The molecule has 0 spiro atoms. The molecule has 1 aliphatic rings. The summed E-state index contributed by atoms with van der Waals surface area (Å²) in [4.78, 5) is 8.98. The van der Waals surface area contributed by atoms with Gasteiger partial charge in [-0.2, -0.15) is 0 Å². The lowest BCUT2D eigenvalue weighted by atomic mass is 9.80. The highest BCUT2D eigenvalue weighted by atomic mass is 79.9. The minimum Gasteiger partial charge on any atom is -0.237 e. The fraction of sp³-hybridized carbons (Fsp3) is 0.692. The molecule has 0 amide bonds. The summed E-state index contributed by atoms with van der Waals surface area (Å²) in [5.41, 5.74) is 0.942. The van der Waals surface area contributed by atoms with Crippen molar-refractivity contribution in [2.75, 3.05) is 0 Å². The van der Waals surface area contributed by atoms with E-state index in [1.807, 2.05) is 6.92 Å². The van der Waals surface area contributed by atoms with Gasteiger partial charge in [-0.15, -0.1) is 0 Å². The van der Waals surface area contributed by atoms with E-state index in [9.17, 15) is 0 Å². The molecule has 0 bridgehead atoms. The molecule has 2 nitrogen and oxygen atoms in total. The molecule has 1 aromatic heterocycles. The highest BCUT2D eigenvalue weighted by Crippen LogP contribution is 2.36. The van der Waals surface area contributed by atoms with Crippen LogP contribution in [-0.4, -0.2) is 9.97 Å². The van der Waals surface area contributed by atoms with E-state index >= 15 is 0 Å². The van der Waals surface area contributed by atoms with E-state index in [0.717, 1.165) is 21.9 Å². The number of hydrogen-bond donors (Lipinski definition) is 0. The van der Waals surface area contributed by atoms with E-state index in [1.54, 1.807) is 0 Å². The molecule has 1 fully saturated rings. The van der Waals surface area contributed by atoms with Crippen molar-refractivity contribution in [3.05, 3.63) is 21.1 Å². The Morgan fingerprint density at radius 2 is 1.88 bits per heavy atom. The summed E-state index contributed by atoms with van der Waals surface area (Å²) in [6.45, 7) is 4.25. The van der Waals surface area contributed by atoms with Crippen molar-refractivity contribution in [1.29, 1.82) is 0 Å². The lowest BCUT2D eigenvalue weighted by Crippen LogP contribution is -2.15. The maximum absolute atomic E-state index is 6.10. The van der Waals surface area contributed by atoms with Gasteiger partial charge in [-0.3, -0.25) is 0 Å². The van der Waals surface area contributed by atoms with Crippen LogP contribution in [0.15, 0.2) is 4.47 Å². The summed E-state index contributed by atoms with van der Waals surface area (Å²) in [7, 11) is 0. The third kappa shape index (κ3) is 3.00. The first-order valence-corrected chi connectivity index (χ1v) is 7.48. The number of nitrogens with zero attached hydrogens (tertiary/aromatic N) is 2. The molecule has 1 aromatic rings. The van der Waals surface area contributed by atoms with E-state index in [1.165, 1.54) is 32.1 Å². The van der Waals surface area contributed by atoms with Gasteiger partial charge in [-0.05, 0) is 54.5 Å². The Bertz CT molecular complexity index is 377. The van der Waals surface area contributed by atoms with Crippen LogP contribution in [0.5, 0.6) is 0 Å². The quantitative estimate of drug-likeness (QED) is 0.726. The van der Waals surface area contributed by atoms with Crippen LogP contribution in [0.4, 0.5) is 0 Å². The zero-order valence-electron chi connectivity index (χ0n) is 10.3. The summed E-state index contributed by atoms with van der Waals surface area (Å²) in [6.07, 6.45) is 6.31. The lowest BCUT2D eigenvalue weighted by Gasteiger charge is -2.27. The second kappa shape index (κ2) is 5.66. The van der Waals surface area contributed by atoms with Crippen LogP contribution in [0, 0.1) is 12.8 Å². The maximum Gasteiger partial charge on any atom is 0.147 e. The van der Waals surface area contributed by atoms with Gasteiger partial charge in [0.05, 0.1) is 10.2 Å². The SMILES string of the molecule is CCC1CCC(c2nc(C)c(Br)c(Cl)n2)CC1. The molecule has 1 aliphatic carbocycles. The van der Waals surface area contributed by atoms with Crippen molar-refractivity contribution >= 4 is 27.5 Å². The van der Waals surface area contributed by atoms with Crippen molar-refractivity contribution in [2.45, 2.75) is 51.9 Å². The fourth-order valence-corrected chi connectivity index (χ4v) is 2.96. The minimum atomic E-state index is 0.502. The van der Waals surface area contributed by atoms with Crippen molar-refractivity contribution in [2.24, 2.45) is 5.92 Å². The topological polar surface area (TPSA) is 25.8 Å². The molecule has 17 heavy (non-hydrogen) atoms. The smallest absolute Gasteiger partial charge is 0.147 e. The van der Waals surface area contributed by atoms with Crippen molar-refractivity contribution in [3.8, 4) is 0 Å². The zero-order chi connectivity index (χ0) is 12.4. The molecule has 0 aliphatic heterocycles. The second-order valence-corrected chi connectivity index (χ2v) is 6.05.